The Morgan fingerprint density at radius 1 is 1.00 bits per heavy atom. The molecule has 24 heavy (non-hydrogen) atoms. The molecule has 3 rings (SSSR count). The summed E-state index contributed by atoms with van der Waals surface area (Å²) in [4.78, 5) is 0. The van der Waals surface area contributed by atoms with Crippen LogP contribution in [0.25, 0.3) is 11.5 Å². The lowest BCUT2D eigenvalue weighted by atomic mass is 9.86. The number of rotatable bonds is 4. The van der Waals surface area contributed by atoms with Gasteiger partial charge in [0.1, 0.15) is 5.75 Å². The van der Waals surface area contributed by atoms with Crippen LogP contribution in [0.4, 0.5) is 0 Å². The molecule has 0 unspecified atom stereocenters. The Labute approximate surface area is 146 Å². The molecular formula is C19H19ClN2O2. The predicted molar refractivity (Wildman–Crippen MR) is 94.2 cm³/mol. The minimum Gasteiger partial charge on any atom is -0.484 e. The van der Waals surface area contributed by atoms with E-state index in [9.17, 15) is 0 Å². The minimum atomic E-state index is -0.00579. The van der Waals surface area contributed by atoms with Crippen LogP contribution in [0.3, 0.4) is 0 Å². The van der Waals surface area contributed by atoms with Crippen molar-refractivity contribution in [3.8, 4) is 17.2 Å². The molecule has 0 spiro atoms. The highest BCUT2D eigenvalue weighted by Crippen LogP contribution is 2.31. The summed E-state index contributed by atoms with van der Waals surface area (Å²) in [6.07, 6.45) is 0. The summed E-state index contributed by atoms with van der Waals surface area (Å²) in [5, 5.41) is 8.67. The van der Waals surface area contributed by atoms with Gasteiger partial charge in [0.05, 0.1) is 10.6 Å². The van der Waals surface area contributed by atoms with Crippen LogP contribution in [0.2, 0.25) is 5.02 Å². The van der Waals surface area contributed by atoms with Crippen LogP contribution in [-0.2, 0) is 12.0 Å². The SMILES string of the molecule is CC(C)(C)c1ccccc1OCc1nnc(-c2ccccc2Cl)o1. The Hall–Kier alpha value is -2.33. The zero-order chi connectivity index (χ0) is 17.2. The molecular weight excluding hydrogens is 324 g/mol. The second kappa shape index (κ2) is 6.65. The molecule has 0 aliphatic rings. The molecule has 2 aromatic carbocycles. The highest BCUT2D eigenvalue weighted by atomic mass is 35.5. The van der Waals surface area contributed by atoms with Crippen LogP contribution in [0.1, 0.15) is 32.2 Å². The zero-order valence-corrected chi connectivity index (χ0v) is 14.7. The summed E-state index contributed by atoms with van der Waals surface area (Å²) >= 11 is 6.15. The van der Waals surface area contributed by atoms with E-state index in [4.69, 9.17) is 20.8 Å². The molecule has 0 aliphatic carbocycles. The van der Waals surface area contributed by atoms with Crippen LogP contribution in [0, 0.1) is 0 Å². The summed E-state index contributed by atoms with van der Waals surface area (Å²) in [5.74, 6) is 1.62. The van der Waals surface area contributed by atoms with Gasteiger partial charge in [-0.3, -0.25) is 0 Å². The van der Waals surface area contributed by atoms with E-state index >= 15 is 0 Å². The van der Waals surface area contributed by atoms with Crippen molar-refractivity contribution in [1.82, 2.24) is 10.2 Å². The molecule has 5 heteroatoms. The molecule has 0 radical (unpaired) electrons. The van der Waals surface area contributed by atoms with Gasteiger partial charge in [-0.1, -0.05) is 62.7 Å². The van der Waals surface area contributed by atoms with Crippen molar-refractivity contribution >= 4 is 11.6 Å². The average molecular weight is 343 g/mol. The van der Waals surface area contributed by atoms with Gasteiger partial charge in [0.25, 0.3) is 5.89 Å². The van der Waals surface area contributed by atoms with Crippen molar-refractivity contribution in [3.63, 3.8) is 0 Å². The fraction of sp³-hybridized carbons (Fsp3) is 0.263. The van der Waals surface area contributed by atoms with E-state index in [2.05, 4.69) is 37.0 Å². The van der Waals surface area contributed by atoms with Crippen molar-refractivity contribution in [2.75, 3.05) is 0 Å². The zero-order valence-electron chi connectivity index (χ0n) is 13.9. The first-order valence-corrected chi connectivity index (χ1v) is 8.12. The number of halogens is 1. The standard InChI is InChI=1S/C19H19ClN2O2/c1-19(2,3)14-9-5-7-11-16(14)23-12-17-21-22-18(24-17)13-8-4-6-10-15(13)20/h4-11H,12H2,1-3H3. The maximum Gasteiger partial charge on any atom is 0.254 e. The molecule has 4 nitrogen and oxygen atoms in total. The maximum atomic E-state index is 6.15. The third kappa shape index (κ3) is 3.60. The van der Waals surface area contributed by atoms with E-state index in [0.29, 0.717) is 22.4 Å². The van der Waals surface area contributed by atoms with Gasteiger partial charge in [0, 0.05) is 0 Å². The first kappa shape index (κ1) is 16.5. The molecule has 1 heterocycles. The lowest BCUT2D eigenvalue weighted by Gasteiger charge is -2.22. The van der Waals surface area contributed by atoms with Crippen LogP contribution >= 0.6 is 11.6 Å². The first-order valence-electron chi connectivity index (χ1n) is 7.75. The van der Waals surface area contributed by atoms with Gasteiger partial charge in [-0.15, -0.1) is 10.2 Å². The first-order chi connectivity index (χ1) is 11.4. The van der Waals surface area contributed by atoms with E-state index < -0.39 is 0 Å². The van der Waals surface area contributed by atoms with Crippen LogP contribution in [-0.4, -0.2) is 10.2 Å². The fourth-order valence-electron chi connectivity index (χ4n) is 2.41. The third-order valence-electron chi connectivity index (χ3n) is 3.62. The van der Waals surface area contributed by atoms with E-state index in [1.165, 1.54) is 0 Å². The predicted octanol–water partition coefficient (Wildman–Crippen LogP) is 5.27. The highest BCUT2D eigenvalue weighted by molar-refractivity contribution is 6.33. The Morgan fingerprint density at radius 3 is 2.46 bits per heavy atom. The Balaban J connectivity index is 1.77. The molecule has 0 atom stereocenters. The van der Waals surface area contributed by atoms with E-state index in [1.54, 1.807) is 6.07 Å². The van der Waals surface area contributed by atoms with Gasteiger partial charge < -0.3 is 9.15 Å². The van der Waals surface area contributed by atoms with Gasteiger partial charge in [-0.2, -0.15) is 0 Å². The number of ether oxygens (including phenoxy) is 1. The molecule has 0 saturated heterocycles. The van der Waals surface area contributed by atoms with Gasteiger partial charge >= 0.3 is 0 Å². The molecule has 3 aromatic rings. The van der Waals surface area contributed by atoms with Gasteiger partial charge in [-0.25, -0.2) is 0 Å². The lowest BCUT2D eigenvalue weighted by Crippen LogP contribution is -2.13. The molecule has 124 valence electrons. The highest BCUT2D eigenvalue weighted by Gasteiger charge is 2.19. The molecule has 0 N–H and O–H groups in total. The molecule has 0 amide bonds. The van der Waals surface area contributed by atoms with Gasteiger partial charge in [0.2, 0.25) is 5.89 Å². The van der Waals surface area contributed by atoms with Crippen molar-refractivity contribution in [2.45, 2.75) is 32.8 Å². The Kier molecular flexibility index (Phi) is 4.58. The van der Waals surface area contributed by atoms with Crippen LogP contribution in [0.5, 0.6) is 5.75 Å². The van der Waals surface area contributed by atoms with Crippen molar-refractivity contribution in [3.05, 3.63) is 65.0 Å². The summed E-state index contributed by atoms with van der Waals surface area (Å²) in [5.41, 5.74) is 1.84. The molecule has 0 fully saturated rings. The summed E-state index contributed by atoms with van der Waals surface area (Å²) in [6, 6.07) is 15.3. The molecule has 0 saturated carbocycles. The molecule has 1 aromatic heterocycles. The number of aromatic nitrogens is 2. The Morgan fingerprint density at radius 2 is 1.71 bits per heavy atom. The topological polar surface area (TPSA) is 48.2 Å². The Bertz CT molecular complexity index is 837. The summed E-state index contributed by atoms with van der Waals surface area (Å²) in [6.45, 7) is 6.66. The van der Waals surface area contributed by atoms with Crippen LogP contribution < -0.4 is 4.74 Å². The van der Waals surface area contributed by atoms with Crippen molar-refractivity contribution in [1.29, 1.82) is 0 Å². The third-order valence-corrected chi connectivity index (χ3v) is 3.95. The summed E-state index contributed by atoms with van der Waals surface area (Å²) < 4.78 is 11.6. The molecule has 0 bridgehead atoms. The largest absolute Gasteiger partial charge is 0.484 e. The molecule has 0 aliphatic heterocycles. The van der Waals surface area contributed by atoms with E-state index in [1.807, 2.05) is 36.4 Å². The smallest absolute Gasteiger partial charge is 0.254 e. The number of hydrogen-bond donors (Lipinski definition) is 0. The second-order valence-corrected chi connectivity index (χ2v) is 6.92. The summed E-state index contributed by atoms with van der Waals surface area (Å²) in [7, 11) is 0. The van der Waals surface area contributed by atoms with E-state index in [-0.39, 0.29) is 12.0 Å². The number of hydrogen-bond acceptors (Lipinski definition) is 4. The van der Waals surface area contributed by atoms with Gasteiger partial charge in [-0.05, 0) is 29.2 Å². The maximum absolute atomic E-state index is 6.15. The van der Waals surface area contributed by atoms with Crippen LogP contribution in [0.15, 0.2) is 52.9 Å². The average Bonchev–Trinajstić information content (AvgIpc) is 3.01. The number of para-hydroxylation sites is 1. The van der Waals surface area contributed by atoms with E-state index in [0.717, 1.165) is 11.3 Å². The second-order valence-electron chi connectivity index (χ2n) is 6.52. The monoisotopic (exact) mass is 342 g/mol. The minimum absolute atomic E-state index is 0.00579. The number of benzene rings is 2. The number of nitrogens with zero attached hydrogens (tertiary/aromatic N) is 2. The van der Waals surface area contributed by atoms with Crippen molar-refractivity contribution < 1.29 is 9.15 Å². The fourth-order valence-corrected chi connectivity index (χ4v) is 2.62. The quantitative estimate of drug-likeness (QED) is 0.648. The lowest BCUT2D eigenvalue weighted by molar-refractivity contribution is 0.258. The normalized spacial score (nSPS) is 11.5. The van der Waals surface area contributed by atoms with Gasteiger partial charge in [0.15, 0.2) is 6.61 Å². The van der Waals surface area contributed by atoms with Crippen molar-refractivity contribution in [2.24, 2.45) is 0 Å².